The van der Waals surface area contributed by atoms with Crippen molar-refractivity contribution in [2.75, 3.05) is 27.2 Å². The minimum Gasteiger partial charge on any atom is -0.338 e. The summed E-state index contributed by atoms with van der Waals surface area (Å²) in [5.41, 5.74) is 0.610. The molecule has 1 aromatic carbocycles. The molecule has 1 aliphatic carbocycles. The Morgan fingerprint density at radius 1 is 1.11 bits per heavy atom. The number of fused-ring (bicyclic) bond motifs is 1. The molecule has 1 amide bonds. The quantitative estimate of drug-likeness (QED) is 0.736. The summed E-state index contributed by atoms with van der Waals surface area (Å²) < 4.78 is 1.47. The monoisotopic (exact) mass is 384 g/mol. The average molecular weight is 385 g/mol. The fourth-order valence-electron chi connectivity index (χ4n) is 4.11. The van der Waals surface area contributed by atoms with Crippen LogP contribution in [-0.2, 0) is 17.8 Å². The van der Waals surface area contributed by atoms with Gasteiger partial charge in [0.2, 0.25) is 5.91 Å². The molecule has 0 saturated heterocycles. The minimum atomic E-state index is -0.0916. The zero-order valence-electron chi connectivity index (χ0n) is 17.4. The number of aromatic nitrogens is 2. The Hall–Kier alpha value is -2.21. The van der Waals surface area contributed by atoms with Crippen molar-refractivity contribution >= 4 is 16.7 Å². The number of likely N-dealkylation sites (N-methyl/N-ethyl adjacent to an activating group) is 1. The maximum absolute atomic E-state index is 13.3. The standard InChI is InChI=1S/C22H32N4O2/c1-4-26-22(28)19-13-9-8-12-18(19)20(23-26)16-21(27)25(15-14-24(2)3)17-10-6-5-7-11-17/h8-9,12-13,17H,4-7,10-11,14-16H2,1-3H3. The van der Waals surface area contributed by atoms with Crippen LogP contribution in [0.1, 0.15) is 44.7 Å². The van der Waals surface area contributed by atoms with Gasteiger partial charge in [-0.2, -0.15) is 5.10 Å². The first-order valence-corrected chi connectivity index (χ1v) is 10.4. The lowest BCUT2D eigenvalue weighted by Crippen LogP contribution is -2.45. The van der Waals surface area contributed by atoms with E-state index in [0.717, 1.165) is 31.3 Å². The van der Waals surface area contributed by atoms with Gasteiger partial charge in [0, 0.05) is 31.1 Å². The Morgan fingerprint density at radius 3 is 2.43 bits per heavy atom. The lowest BCUT2D eigenvalue weighted by atomic mass is 9.93. The molecule has 1 aliphatic rings. The van der Waals surface area contributed by atoms with E-state index in [-0.39, 0.29) is 17.9 Å². The first-order chi connectivity index (χ1) is 13.5. The van der Waals surface area contributed by atoms with Crippen molar-refractivity contribution < 1.29 is 4.79 Å². The summed E-state index contributed by atoms with van der Waals surface area (Å²) in [5.74, 6) is 0.118. The van der Waals surface area contributed by atoms with Crippen LogP contribution in [0.5, 0.6) is 0 Å². The second-order valence-corrected chi connectivity index (χ2v) is 7.97. The SMILES string of the molecule is CCn1nc(CC(=O)N(CCN(C)C)C2CCCCC2)c2ccccc2c1=O. The van der Waals surface area contributed by atoms with Crippen molar-refractivity contribution in [2.45, 2.75) is 58.0 Å². The zero-order chi connectivity index (χ0) is 20.1. The van der Waals surface area contributed by atoms with Crippen LogP contribution in [0.25, 0.3) is 10.8 Å². The molecule has 1 aromatic heterocycles. The predicted molar refractivity (Wildman–Crippen MR) is 113 cm³/mol. The maximum atomic E-state index is 13.3. The van der Waals surface area contributed by atoms with E-state index in [9.17, 15) is 9.59 Å². The van der Waals surface area contributed by atoms with Crippen LogP contribution >= 0.6 is 0 Å². The second-order valence-electron chi connectivity index (χ2n) is 7.97. The van der Waals surface area contributed by atoms with Gasteiger partial charge in [0.15, 0.2) is 0 Å². The molecule has 6 heteroatoms. The van der Waals surface area contributed by atoms with Crippen LogP contribution < -0.4 is 5.56 Å². The highest BCUT2D eigenvalue weighted by atomic mass is 16.2. The van der Waals surface area contributed by atoms with Gasteiger partial charge in [-0.3, -0.25) is 9.59 Å². The molecule has 0 radical (unpaired) electrons. The third-order valence-corrected chi connectivity index (χ3v) is 5.69. The molecule has 0 spiro atoms. The van der Waals surface area contributed by atoms with Gasteiger partial charge in [0.25, 0.3) is 5.56 Å². The highest BCUT2D eigenvalue weighted by Gasteiger charge is 2.26. The summed E-state index contributed by atoms with van der Waals surface area (Å²) in [4.78, 5) is 30.1. The van der Waals surface area contributed by atoms with Gasteiger partial charge in [-0.25, -0.2) is 4.68 Å². The molecule has 6 nitrogen and oxygen atoms in total. The van der Waals surface area contributed by atoms with E-state index in [1.165, 1.54) is 23.9 Å². The highest BCUT2D eigenvalue weighted by Crippen LogP contribution is 2.24. The van der Waals surface area contributed by atoms with Crippen molar-refractivity contribution in [2.24, 2.45) is 0 Å². The highest BCUT2D eigenvalue weighted by molar-refractivity contribution is 5.88. The number of nitrogens with zero attached hydrogens (tertiary/aromatic N) is 4. The van der Waals surface area contributed by atoms with Gasteiger partial charge >= 0.3 is 0 Å². The van der Waals surface area contributed by atoms with E-state index in [0.29, 0.717) is 23.7 Å². The van der Waals surface area contributed by atoms with Crippen LogP contribution in [-0.4, -0.2) is 58.7 Å². The van der Waals surface area contributed by atoms with Crippen molar-refractivity contribution in [1.82, 2.24) is 19.6 Å². The first kappa shape index (κ1) is 20.5. The zero-order valence-corrected chi connectivity index (χ0v) is 17.4. The van der Waals surface area contributed by atoms with E-state index < -0.39 is 0 Å². The van der Waals surface area contributed by atoms with Crippen LogP contribution in [0.15, 0.2) is 29.1 Å². The molecule has 0 atom stereocenters. The molecule has 152 valence electrons. The molecule has 0 bridgehead atoms. The Balaban J connectivity index is 1.90. The molecule has 1 fully saturated rings. The van der Waals surface area contributed by atoms with E-state index in [2.05, 4.69) is 14.9 Å². The summed E-state index contributed by atoms with van der Waals surface area (Å²) in [6, 6.07) is 7.81. The number of amides is 1. The summed E-state index contributed by atoms with van der Waals surface area (Å²) in [6.45, 7) is 3.99. The molecular weight excluding hydrogens is 352 g/mol. The van der Waals surface area contributed by atoms with Crippen molar-refractivity contribution in [3.8, 4) is 0 Å². The Labute approximate surface area is 167 Å². The van der Waals surface area contributed by atoms with E-state index >= 15 is 0 Å². The van der Waals surface area contributed by atoms with Crippen molar-refractivity contribution in [3.63, 3.8) is 0 Å². The van der Waals surface area contributed by atoms with E-state index in [4.69, 9.17) is 0 Å². The number of hydrogen-bond acceptors (Lipinski definition) is 4. The van der Waals surface area contributed by atoms with Crippen molar-refractivity contribution in [1.29, 1.82) is 0 Å². The second kappa shape index (κ2) is 9.32. The maximum Gasteiger partial charge on any atom is 0.274 e. The van der Waals surface area contributed by atoms with Crippen molar-refractivity contribution in [3.05, 3.63) is 40.3 Å². The lowest BCUT2D eigenvalue weighted by molar-refractivity contribution is -0.133. The Morgan fingerprint density at radius 2 is 1.79 bits per heavy atom. The van der Waals surface area contributed by atoms with Gasteiger partial charge in [-0.1, -0.05) is 37.5 Å². The number of carbonyl (C=O) groups excluding carboxylic acids is 1. The van der Waals surface area contributed by atoms with E-state index in [1.54, 1.807) is 0 Å². The normalized spacial score (nSPS) is 15.3. The lowest BCUT2D eigenvalue weighted by Gasteiger charge is -2.35. The molecule has 2 aromatic rings. The van der Waals surface area contributed by atoms with Gasteiger partial charge in [0.05, 0.1) is 17.5 Å². The Bertz CT molecular complexity index is 868. The van der Waals surface area contributed by atoms with Gasteiger partial charge in [-0.05, 0) is 39.9 Å². The predicted octanol–water partition coefficient (Wildman–Crippen LogP) is 2.68. The van der Waals surface area contributed by atoms with Gasteiger partial charge < -0.3 is 9.80 Å². The summed E-state index contributed by atoms with van der Waals surface area (Å²) in [7, 11) is 4.07. The molecule has 0 aliphatic heterocycles. The molecule has 0 N–H and O–H groups in total. The molecular formula is C22H32N4O2. The fraction of sp³-hybridized carbons (Fsp3) is 0.591. The number of aryl methyl sites for hydroxylation is 1. The number of carbonyl (C=O) groups is 1. The summed E-state index contributed by atoms with van der Waals surface area (Å²) in [5, 5.41) is 5.96. The Kier molecular flexibility index (Phi) is 6.83. The summed E-state index contributed by atoms with van der Waals surface area (Å²) in [6.07, 6.45) is 6.06. The summed E-state index contributed by atoms with van der Waals surface area (Å²) >= 11 is 0. The molecule has 0 unspecified atom stereocenters. The number of benzene rings is 1. The van der Waals surface area contributed by atoms with Crippen LogP contribution in [0.2, 0.25) is 0 Å². The molecule has 1 heterocycles. The largest absolute Gasteiger partial charge is 0.338 e. The first-order valence-electron chi connectivity index (χ1n) is 10.4. The topological polar surface area (TPSA) is 58.4 Å². The van der Waals surface area contributed by atoms with E-state index in [1.807, 2.05) is 45.3 Å². The molecule has 28 heavy (non-hydrogen) atoms. The van der Waals surface area contributed by atoms with Crippen LogP contribution in [0.3, 0.4) is 0 Å². The minimum absolute atomic E-state index is 0.0916. The molecule has 3 rings (SSSR count). The number of rotatable bonds is 7. The van der Waals surface area contributed by atoms with Crippen LogP contribution in [0, 0.1) is 0 Å². The average Bonchev–Trinajstić information content (AvgIpc) is 2.71. The number of hydrogen-bond donors (Lipinski definition) is 0. The van der Waals surface area contributed by atoms with Crippen LogP contribution in [0.4, 0.5) is 0 Å². The third-order valence-electron chi connectivity index (χ3n) is 5.69. The van der Waals surface area contributed by atoms with Gasteiger partial charge in [-0.15, -0.1) is 0 Å². The van der Waals surface area contributed by atoms with Gasteiger partial charge in [0.1, 0.15) is 0 Å². The fourth-order valence-corrected chi connectivity index (χ4v) is 4.11. The molecule has 1 saturated carbocycles. The third kappa shape index (κ3) is 4.61. The smallest absolute Gasteiger partial charge is 0.274 e.